The Hall–Kier alpha value is -1.68. The number of hydrogen-bond acceptors (Lipinski definition) is 3. The highest BCUT2D eigenvalue weighted by atomic mass is 16.2. The number of carbonyl (C=O) groups is 1. The van der Waals surface area contributed by atoms with E-state index in [9.17, 15) is 4.79 Å². The van der Waals surface area contributed by atoms with Gasteiger partial charge in [-0.15, -0.1) is 0 Å². The Kier molecular flexibility index (Phi) is 3.24. The van der Waals surface area contributed by atoms with Crippen LogP contribution < -0.4 is 10.7 Å². The molecule has 1 aliphatic heterocycles. The quantitative estimate of drug-likeness (QED) is 0.860. The molecule has 1 heterocycles. The average molecular weight is 231 g/mol. The van der Waals surface area contributed by atoms with Gasteiger partial charge in [0.25, 0.3) is 5.91 Å². The first-order valence-electron chi connectivity index (χ1n) is 5.79. The molecule has 1 atom stereocenters. The molecular weight excluding hydrogens is 214 g/mol. The second-order valence-electron chi connectivity index (χ2n) is 4.36. The first-order valence-corrected chi connectivity index (χ1v) is 5.79. The van der Waals surface area contributed by atoms with Gasteiger partial charge in [0.15, 0.2) is 0 Å². The van der Waals surface area contributed by atoms with Crippen LogP contribution in [0.3, 0.4) is 0 Å². The molecule has 1 aliphatic rings. The number of amides is 1. The molecule has 0 saturated heterocycles. The van der Waals surface area contributed by atoms with Gasteiger partial charge in [0.2, 0.25) is 0 Å². The lowest BCUT2D eigenvalue weighted by Crippen LogP contribution is -2.28. The highest BCUT2D eigenvalue weighted by Gasteiger charge is 2.33. The molecule has 2 N–H and O–H groups in total. The van der Waals surface area contributed by atoms with Crippen LogP contribution in [0.2, 0.25) is 0 Å². The van der Waals surface area contributed by atoms with Crippen molar-refractivity contribution < 1.29 is 4.79 Å². The van der Waals surface area contributed by atoms with E-state index in [0.29, 0.717) is 13.0 Å². The molecule has 0 fully saturated rings. The SMILES string of the molecule is CC1=NN(c2cccc(C)c2)C(=O)C1CCN. The van der Waals surface area contributed by atoms with E-state index in [0.717, 1.165) is 17.0 Å². The third-order valence-corrected chi connectivity index (χ3v) is 2.97. The number of hydrogen-bond donors (Lipinski definition) is 1. The molecule has 0 spiro atoms. The Morgan fingerprint density at radius 1 is 1.41 bits per heavy atom. The zero-order valence-electron chi connectivity index (χ0n) is 10.2. The molecule has 0 saturated carbocycles. The maximum Gasteiger partial charge on any atom is 0.256 e. The Bertz CT molecular complexity index is 467. The number of hydrazone groups is 1. The van der Waals surface area contributed by atoms with Gasteiger partial charge in [-0.2, -0.15) is 5.10 Å². The van der Waals surface area contributed by atoms with E-state index in [1.165, 1.54) is 5.01 Å². The van der Waals surface area contributed by atoms with E-state index in [1.54, 1.807) is 0 Å². The standard InChI is InChI=1S/C13H17N3O/c1-9-4-3-5-11(8-9)16-13(17)12(6-7-14)10(2)15-16/h3-5,8,12H,6-7,14H2,1-2H3. The Morgan fingerprint density at radius 3 is 2.82 bits per heavy atom. The minimum absolute atomic E-state index is 0.0264. The Morgan fingerprint density at radius 2 is 2.18 bits per heavy atom. The Balaban J connectivity index is 2.27. The minimum Gasteiger partial charge on any atom is -0.330 e. The van der Waals surface area contributed by atoms with E-state index in [-0.39, 0.29) is 11.8 Å². The normalized spacial score (nSPS) is 19.7. The number of nitrogens with zero attached hydrogens (tertiary/aromatic N) is 2. The van der Waals surface area contributed by atoms with Crippen molar-refractivity contribution in [2.75, 3.05) is 11.6 Å². The molecule has 4 heteroatoms. The van der Waals surface area contributed by atoms with Crippen molar-refractivity contribution in [1.82, 2.24) is 0 Å². The summed E-state index contributed by atoms with van der Waals surface area (Å²) in [5.74, 6) is -0.126. The largest absolute Gasteiger partial charge is 0.330 e. The summed E-state index contributed by atoms with van der Waals surface area (Å²) in [6, 6.07) is 7.78. The molecule has 0 aromatic heterocycles. The summed E-state index contributed by atoms with van der Waals surface area (Å²) in [4.78, 5) is 12.2. The molecule has 90 valence electrons. The van der Waals surface area contributed by atoms with Crippen LogP contribution in [0.25, 0.3) is 0 Å². The smallest absolute Gasteiger partial charge is 0.256 e. The van der Waals surface area contributed by atoms with Crippen molar-refractivity contribution in [3.8, 4) is 0 Å². The van der Waals surface area contributed by atoms with Crippen LogP contribution in [-0.2, 0) is 4.79 Å². The number of carbonyl (C=O) groups excluding carboxylic acids is 1. The van der Waals surface area contributed by atoms with Gasteiger partial charge >= 0.3 is 0 Å². The molecule has 4 nitrogen and oxygen atoms in total. The van der Waals surface area contributed by atoms with Gasteiger partial charge in [-0.25, -0.2) is 5.01 Å². The van der Waals surface area contributed by atoms with Crippen LogP contribution in [-0.4, -0.2) is 18.2 Å². The maximum atomic E-state index is 12.2. The van der Waals surface area contributed by atoms with E-state index < -0.39 is 0 Å². The summed E-state index contributed by atoms with van der Waals surface area (Å²) in [7, 11) is 0. The molecule has 0 aliphatic carbocycles. The number of rotatable bonds is 3. The third-order valence-electron chi connectivity index (χ3n) is 2.97. The molecule has 0 radical (unpaired) electrons. The monoisotopic (exact) mass is 231 g/mol. The van der Waals surface area contributed by atoms with Gasteiger partial charge in [-0.05, 0) is 44.5 Å². The van der Waals surface area contributed by atoms with Crippen molar-refractivity contribution in [3.05, 3.63) is 29.8 Å². The van der Waals surface area contributed by atoms with E-state index in [1.807, 2.05) is 38.1 Å². The maximum absolute atomic E-state index is 12.2. The van der Waals surface area contributed by atoms with Crippen LogP contribution in [0.5, 0.6) is 0 Å². The van der Waals surface area contributed by atoms with Gasteiger partial charge in [0.1, 0.15) is 0 Å². The van der Waals surface area contributed by atoms with Crippen molar-refractivity contribution in [2.45, 2.75) is 20.3 Å². The third kappa shape index (κ3) is 2.22. The number of benzene rings is 1. The van der Waals surface area contributed by atoms with Gasteiger partial charge in [-0.1, -0.05) is 12.1 Å². The minimum atomic E-state index is -0.152. The highest BCUT2D eigenvalue weighted by Crippen LogP contribution is 2.25. The zero-order valence-corrected chi connectivity index (χ0v) is 10.2. The lowest BCUT2D eigenvalue weighted by molar-refractivity contribution is -0.119. The molecule has 0 bridgehead atoms. The van der Waals surface area contributed by atoms with E-state index >= 15 is 0 Å². The summed E-state index contributed by atoms with van der Waals surface area (Å²) in [5, 5.41) is 5.81. The fourth-order valence-electron chi connectivity index (χ4n) is 2.05. The van der Waals surface area contributed by atoms with Crippen molar-refractivity contribution >= 4 is 17.3 Å². The predicted octanol–water partition coefficient (Wildman–Crippen LogP) is 1.68. The molecule has 1 amide bonds. The van der Waals surface area contributed by atoms with Gasteiger partial charge in [0, 0.05) is 5.71 Å². The first kappa shape index (κ1) is 11.8. The predicted molar refractivity (Wildman–Crippen MR) is 68.9 cm³/mol. The lowest BCUT2D eigenvalue weighted by atomic mass is 10.0. The second-order valence-corrected chi connectivity index (χ2v) is 4.36. The van der Waals surface area contributed by atoms with Crippen molar-refractivity contribution in [2.24, 2.45) is 16.8 Å². The van der Waals surface area contributed by atoms with Crippen LogP contribution >= 0.6 is 0 Å². The molecule has 1 unspecified atom stereocenters. The van der Waals surface area contributed by atoms with Crippen LogP contribution in [0.4, 0.5) is 5.69 Å². The first-order chi connectivity index (χ1) is 8.13. The number of nitrogens with two attached hydrogens (primary N) is 1. The van der Waals surface area contributed by atoms with Gasteiger partial charge in [-0.3, -0.25) is 4.79 Å². The average Bonchev–Trinajstić information content (AvgIpc) is 2.57. The zero-order chi connectivity index (χ0) is 12.4. The van der Waals surface area contributed by atoms with Crippen LogP contribution in [0.15, 0.2) is 29.4 Å². The second kappa shape index (κ2) is 4.67. The molecular formula is C13H17N3O. The fourth-order valence-corrected chi connectivity index (χ4v) is 2.05. The summed E-state index contributed by atoms with van der Waals surface area (Å²) >= 11 is 0. The van der Waals surface area contributed by atoms with Gasteiger partial charge in [0.05, 0.1) is 11.6 Å². The summed E-state index contributed by atoms with van der Waals surface area (Å²) < 4.78 is 0. The van der Waals surface area contributed by atoms with Crippen molar-refractivity contribution in [1.29, 1.82) is 0 Å². The number of anilines is 1. The molecule has 1 aromatic carbocycles. The van der Waals surface area contributed by atoms with Gasteiger partial charge < -0.3 is 5.73 Å². The topological polar surface area (TPSA) is 58.7 Å². The summed E-state index contributed by atoms with van der Waals surface area (Å²) in [6.45, 7) is 4.39. The Labute approximate surface area is 101 Å². The van der Waals surface area contributed by atoms with Crippen LogP contribution in [0.1, 0.15) is 18.9 Å². The van der Waals surface area contributed by atoms with Crippen LogP contribution in [0, 0.1) is 12.8 Å². The molecule has 1 aromatic rings. The fraction of sp³-hybridized carbons (Fsp3) is 0.385. The van der Waals surface area contributed by atoms with Crippen molar-refractivity contribution in [3.63, 3.8) is 0 Å². The van der Waals surface area contributed by atoms with E-state index in [2.05, 4.69) is 5.10 Å². The van der Waals surface area contributed by atoms with E-state index in [4.69, 9.17) is 5.73 Å². The lowest BCUT2D eigenvalue weighted by Gasteiger charge is -2.14. The molecule has 17 heavy (non-hydrogen) atoms. The molecule has 2 rings (SSSR count). The number of aryl methyl sites for hydroxylation is 1. The summed E-state index contributed by atoms with van der Waals surface area (Å²) in [5.41, 5.74) is 8.31. The highest BCUT2D eigenvalue weighted by molar-refractivity contribution is 6.14. The summed E-state index contributed by atoms with van der Waals surface area (Å²) in [6.07, 6.45) is 0.663.